The topological polar surface area (TPSA) is 21.3 Å². The molecule has 96 valence electrons. The summed E-state index contributed by atoms with van der Waals surface area (Å²) in [7, 11) is 3.90. The van der Waals surface area contributed by atoms with Crippen molar-refractivity contribution >= 4 is 0 Å². The smallest absolute Gasteiger partial charge is 0.0465 e. The van der Waals surface area contributed by atoms with Gasteiger partial charge in [0.25, 0.3) is 0 Å². The molecule has 1 rings (SSSR count). The van der Waals surface area contributed by atoms with E-state index in [9.17, 15) is 0 Å². The lowest BCUT2D eigenvalue weighted by atomic mass is 9.67. The van der Waals surface area contributed by atoms with Crippen molar-refractivity contribution in [1.82, 2.24) is 5.32 Å². The number of hydrogen-bond acceptors (Lipinski definition) is 2. The third-order valence-electron chi connectivity index (χ3n) is 4.27. The fourth-order valence-corrected chi connectivity index (χ4v) is 3.02. The predicted octanol–water partition coefficient (Wildman–Crippen LogP) is 3.07. The molecule has 0 spiro atoms. The number of hydrogen-bond donors (Lipinski definition) is 1. The number of ether oxygens (including phenoxy) is 1. The average molecular weight is 227 g/mol. The van der Waals surface area contributed by atoms with Crippen LogP contribution in [0, 0.1) is 17.3 Å². The fraction of sp³-hybridized carbons (Fsp3) is 1.00. The first-order chi connectivity index (χ1) is 7.49. The zero-order valence-electron chi connectivity index (χ0n) is 11.7. The first-order valence-corrected chi connectivity index (χ1v) is 6.65. The van der Waals surface area contributed by atoms with Gasteiger partial charge in [0.2, 0.25) is 0 Å². The van der Waals surface area contributed by atoms with Gasteiger partial charge in [-0.05, 0) is 50.0 Å². The summed E-state index contributed by atoms with van der Waals surface area (Å²) in [5.74, 6) is 1.67. The molecule has 3 atom stereocenters. The molecule has 0 saturated heterocycles. The monoisotopic (exact) mass is 227 g/mol. The minimum absolute atomic E-state index is 0.462. The molecule has 0 aromatic rings. The molecule has 0 bridgehead atoms. The van der Waals surface area contributed by atoms with E-state index in [1.165, 1.54) is 25.7 Å². The summed E-state index contributed by atoms with van der Waals surface area (Å²) in [6, 6.07) is 0.703. The van der Waals surface area contributed by atoms with Crippen LogP contribution in [-0.2, 0) is 4.74 Å². The zero-order chi connectivity index (χ0) is 12.2. The molecule has 0 amide bonds. The highest BCUT2D eigenvalue weighted by Gasteiger charge is 2.34. The number of rotatable bonds is 4. The van der Waals surface area contributed by atoms with E-state index >= 15 is 0 Å². The van der Waals surface area contributed by atoms with Crippen molar-refractivity contribution in [3.05, 3.63) is 0 Å². The lowest BCUT2D eigenvalue weighted by molar-refractivity contribution is 0.0900. The van der Waals surface area contributed by atoms with Crippen LogP contribution in [0.2, 0.25) is 0 Å². The maximum Gasteiger partial charge on any atom is 0.0465 e. The van der Waals surface area contributed by atoms with Crippen LogP contribution < -0.4 is 5.32 Å². The quantitative estimate of drug-likeness (QED) is 0.797. The highest BCUT2D eigenvalue weighted by molar-refractivity contribution is 4.88. The van der Waals surface area contributed by atoms with Crippen LogP contribution in [0.25, 0.3) is 0 Å². The van der Waals surface area contributed by atoms with E-state index < -0.39 is 0 Å². The van der Waals surface area contributed by atoms with Crippen molar-refractivity contribution < 1.29 is 4.74 Å². The van der Waals surface area contributed by atoms with Gasteiger partial charge in [0, 0.05) is 19.8 Å². The molecule has 2 nitrogen and oxygen atoms in total. The van der Waals surface area contributed by atoms with Crippen LogP contribution in [0.1, 0.15) is 46.5 Å². The maximum absolute atomic E-state index is 5.23. The van der Waals surface area contributed by atoms with Crippen molar-refractivity contribution in [3.8, 4) is 0 Å². The van der Waals surface area contributed by atoms with Gasteiger partial charge in [0.05, 0.1) is 0 Å². The van der Waals surface area contributed by atoms with E-state index in [0.717, 1.165) is 18.4 Å². The van der Waals surface area contributed by atoms with Gasteiger partial charge in [-0.3, -0.25) is 0 Å². The zero-order valence-corrected chi connectivity index (χ0v) is 11.7. The molecule has 1 aliphatic carbocycles. The normalized spacial score (nSPS) is 31.7. The second-order valence-corrected chi connectivity index (χ2v) is 6.31. The van der Waals surface area contributed by atoms with Crippen LogP contribution >= 0.6 is 0 Å². The van der Waals surface area contributed by atoms with Gasteiger partial charge in [0.15, 0.2) is 0 Å². The molecule has 2 heteroatoms. The summed E-state index contributed by atoms with van der Waals surface area (Å²) >= 11 is 0. The Morgan fingerprint density at radius 2 is 1.94 bits per heavy atom. The van der Waals surface area contributed by atoms with E-state index in [-0.39, 0.29) is 0 Å². The molecule has 1 N–H and O–H groups in total. The Hall–Kier alpha value is -0.0800. The summed E-state index contributed by atoms with van der Waals surface area (Å²) in [6.07, 6.45) is 5.26. The Morgan fingerprint density at radius 3 is 2.44 bits per heavy atom. The summed E-state index contributed by atoms with van der Waals surface area (Å²) in [6.45, 7) is 8.04. The molecule has 0 aromatic carbocycles. The summed E-state index contributed by atoms with van der Waals surface area (Å²) in [5.41, 5.74) is 0.462. The molecule has 0 aliphatic heterocycles. The van der Waals surface area contributed by atoms with Crippen molar-refractivity contribution in [2.45, 2.75) is 52.5 Å². The van der Waals surface area contributed by atoms with E-state index in [1.807, 2.05) is 0 Å². The van der Waals surface area contributed by atoms with Gasteiger partial charge in [0.1, 0.15) is 0 Å². The number of nitrogens with one attached hydrogen (secondary N) is 1. The van der Waals surface area contributed by atoms with Gasteiger partial charge in [-0.1, -0.05) is 20.8 Å². The standard InChI is InChI=1S/C14H29NO/c1-14(2,3)12-6-7-13(15-4)11(10-12)8-9-16-5/h11-13,15H,6-10H2,1-5H3. The molecule has 1 saturated carbocycles. The van der Waals surface area contributed by atoms with Crippen LogP contribution in [0.5, 0.6) is 0 Å². The Balaban J connectivity index is 2.54. The van der Waals surface area contributed by atoms with Gasteiger partial charge in [-0.2, -0.15) is 0 Å². The number of methoxy groups -OCH3 is 1. The van der Waals surface area contributed by atoms with Crippen molar-refractivity contribution in [1.29, 1.82) is 0 Å². The van der Waals surface area contributed by atoms with Gasteiger partial charge >= 0.3 is 0 Å². The fourth-order valence-electron chi connectivity index (χ4n) is 3.02. The lowest BCUT2D eigenvalue weighted by Crippen LogP contribution is -2.41. The Labute approximate surface area is 101 Å². The van der Waals surface area contributed by atoms with E-state index in [4.69, 9.17) is 4.74 Å². The second kappa shape index (κ2) is 6.02. The molecule has 0 radical (unpaired) electrons. The largest absolute Gasteiger partial charge is 0.385 e. The van der Waals surface area contributed by atoms with E-state index in [0.29, 0.717) is 11.5 Å². The van der Waals surface area contributed by atoms with Gasteiger partial charge in [-0.25, -0.2) is 0 Å². The van der Waals surface area contributed by atoms with Crippen LogP contribution in [0.4, 0.5) is 0 Å². The molecule has 16 heavy (non-hydrogen) atoms. The predicted molar refractivity (Wildman–Crippen MR) is 69.6 cm³/mol. The van der Waals surface area contributed by atoms with Crippen molar-refractivity contribution in [3.63, 3.8) is 0 Å². The Morgan fingerprint density at radius 1 is 1.25 bits per heavy atom. The molecule has 3 unspecified atom stereocenters. The second-order valence-electron chi connectivity index (χ2n) is 6.31. The van der Waals surface area contributed by atoms with Gasteiger partial charge in [-0.15, -0.1) is 0 Å². The van der Waals surface area contributed by atoms with E-state index in [2.05, 4.69) is 33.1 Å². The molecule has 1 fully saturated rings. The minimum Gasteiger partial charge on any atom is -0.385 e. The molecule has 1 aliphatic rings. The lowest BCUT2D eigenvalue weighted by Gasteiger charge is -2.42. The summed E-state index contributed by atoms with van der Waals surface area (Å²) in [5, 5.41) is 3.48. The third kappa shape index (κ3) is 3.74. The van der Waals surface area contributed by atoms with Crippen LogP contribution in [0.15, 0.2) is 0 Å². The third-order valence-corrected chi connectivity index (χ3v) is 4.27. The maximum atomic E-state index is 5.23. The Bertz CT molecular complexity index is 197. The first-order valence-electron chi connectivity index (χ1n) is 6.65. The Kier molecular flexibility index (Phi) is 5.26. The summed E-state index contributed by atoms with van der Waals surface area (Å²) in [4.78, 5) is 0. The molecular formula is C14H29NO. The molecular weight excluding hydrogens is 198 g/mol. The van der Waals surface area contributed by atoms with Crippen molar-refractivity contribution in [2.75, 3.05) is 20.8 Å². The molecule has 0 heterocycles. The van der Waals surface area contributed by atoms with Crippen molar-refractivity contribution in [2.24, 2.45) is 17.3 Å². The average Bonchev–Trinajstić information content (AvgIpc) is 2.24. The van der Waals surface area contributed by atoms with Crippen LogP contribution in [0.3, 0.4) is 0 Å². The first kappa shape index (κ1) is 14.0. The highest BCUT2D eigenvalue weighted by Crippen LogP contribution is 2.41. The van der Waals surface area contributed by atoms with E-state index in [1.54, 1.807) is 7.11 Å². The summed E-state index contributed by atoms with van der Waals surface area (Å²) < 4.78 is 5.23. The van der Waals surface area contributed by atoms with Crippen LogP contribution in [-0.4, -0.2) is 26.8 Å². The molecule has 0 aromatic heterocycles. The highest BCUT2D eigenvalue weighted by atomic mass is 16.5. The SMILES string of the molecule is CNC1CCC(C(C)(C)C)CC1CCOC. The van der Waals surface area contributed by atoms with Gasteiger partial charge < -0.3 is 10.1 Å². The minimum atomic E-state index is 0.462.